The Morgan fingerprint density at radius 2 is 2.29 bits per heavy atom. The lowest BCUT2D eigenvalue weighted by Crippen LogP contribution is -2.42. The average molecular weight is 216 g/mol. The summed E-state index contributed by atoms with van der Waals surface area (Å²) in [5.74, 6) is -0.0720. The highest BCUT2D eigenvalue weighted by Gasteiger charge is 2.13. The molecule has 5 heteroatoms. The SMILES string of the molecule is CC(C)(C)NC(=O)Cn1cc(Cl)cn1. The Balaban J connectivity index is 2.50. The Morgan fingerprint density at radius 3 is 2.71 bits per heavy atom. The highest BCUT2D eigenvalue weighted by molar-refractivity contribution is 6.30. The van der Waals surface area contributed by atoms with Crippen LogP contribution in [0.4, 0.5) is 0 Å². The number of carbonyl (C=O) groups excluding carboxylic acids is 1. The quantitative estimate of drug-likeness (QED) is 0.812. The normalized spacial score (nSPS) is 11.4. The van der Waals surface area contributed by atoms with Crippen molar-refractivity contribution in [1.29, 1.82) is 0 Å². The first kappa shape index (κ1) is 11.0. The maximum absolute atomic E-state index is 11.4. The molecule has 0 saturated carbocycles. The summed E-state index contributed by atoms with van der Waals surface area (Å²) in [5, 5.41) is 7.28. The Labute approximate surface area is 88.2 Å². The summed E-state index contributed by atoms with van der Waals surface area (Å²) >= 11 is 5.66. The van der Waals surface area contributed by atoms with E-state index in [0.717, 1.165) is 0 Å². The Hall–Kier alpha value is -1.03. The van der Waals surface area contributed by atoms with Gasteiger partial charge in [-0.25, -0.2) is 0 Å². The molecule has 0 atom stereocenters. The van der Waals surface area contributed by atoms with Gasteiger partial charge in [-0.05, 0) is 20.8 Å². The summed E-state index contributed by atoms with van der Waals surface area (Å²) in [6.45, 7) is 5.99. The first-order chi connectivity index (χ1) is 6.37. The molecule has 4 nitrogen and oxygen atoms in total. The fourth-order valence-electron chi connectivity index (χ4n) is 1.03. The molecule has 0 spiro atoms. The van der Waals surface area contributed by atoms with E-state index in [2.05, 4.69) is 10.4 Å². The molecule has 78 valence electrons. The predicted octanol–water partition coefficient (Wildman–Crippen LogP) is 1.45. The second-order valence-electron chi connectivity index (χ2n) is 4.15. The molecule has 0 fully saturated rings. The summed E-state index contributed by atoms with van der Waals surface area (Å²) in [6.07, 6.45) is 3.12. The van der Waals surface area contributed by atoms with Gasteiger partial charge in [0.15, 0.2) is 0 Å². The van der Waals surface area contributed by atoms with E-state index in [-0.39, 0.29) is 18.0 Å². The molecule has 0 aliphatic rings. The van der Waals surface area contributed by atoms with Crippen molar-refractivity contribution in [2.24, 2.45) is 0 Å². The Morgan fingerprint density at radius 1 is 1.64 bits per heavy atom. The number of nitrogens with zero attached hydrogens (tertiary/aromatic N) is 2. The minimum atomic E-state index is -0.214. The van der Waals surface area contributed by atoms with Crippen LogP contribution in [0.3, 0.4) is 0 Å². The van der Waals surface area contributed by atoms with Crippen LogP contribution in [0, 0.1) is 0 Å². The molecule has 1 rings (SSSR count). The average Bonchev–Trinajstić information content (AvgIpc) is 2.30. The van der Waals surface area contributed by atoms with Crippen molar-refractivity contribution >= 4 is 17.5 Å². The summed E-state index contributed by atoms with van der Waals surface area (Å²) in [7, 11) is 0. The van der Waals surface area contributed by atoms with Gasteiger partial charge in [0, 0.05) is 11.7 Å². The van der Waals surface area contributed by atoms with Gasteiger partial charge in [0.2, 0.25) is 5.91 Å². The van der Waals surface area contributed by atoms with Crippen molar-refractivity contribution < 1.29 is 4.79 Å². The van der Waals surface area contributed by atoms with E-state index in [4.69, 9.17) is 11.6 Å². The number of hydrogen-bond donors (Lipinski definition) is 1. The zero-order valence-electron chi connectivity index (χ0n) is 8.54. The van der Waals surface area contributed by atoms with E-state index in [9.17, 15) is 4.79 Å². The van der Waals surface area contributed by atoms with Crippen LogP contribution in [0.2, 0.25) is 5.02 Å². The van der Waals surface area contributed by atoms with Crippen LogP contribution >= 0.6 is 11.6 Å². The molecule has 0 saturated heterocycles. The van der Waals surface area contributed by atoms with Crippen molar-refractivity contribution in [2.45, 2.75) is 32.9 Å². The molecule has 0 aromatic carbocycles. The molecule has 0 unspecified atom stereocenters. The molecular formula is C9H14ClN3O. The lowest BCUT2D eigenvalue weighted by molar-refractivity contribution is -0.123. The summed E-state index contributed by atoms with van der Waals surface area (Å²) in [5.41, 5.74) is -0.214. The van der Waals surface area contributed by atoms with Crippen LogP contribution in [-0.4, -0.2) is 21.2 Å². The number of amides is 1. The van der Waals surface area contributed by atoms with Crippen LogP contribution in [-0.2, 0) is 11.3 Å². The van der Waals surface area contributed by atoms with Crippen LogP contribution in [0.5, 0.6) is 0 Å². The lowest BCUT2D eigenvalue weighted by atomic mass is 10.1. The number of halogens is 1. The molecular weight excluding hydrogens is 202 g/mol. The van der Waals surface area contributed by atoms with Crippen molar-refractivity contribution in [2.75, 3.05) is 0 Å². The van der Waals surface area contributed by atoms with E-state index < -0.39 is 0 Å². The van der Waals surface area contributed by atoms with E-state index >= 15 is 0 Å². The molecule has 1 amide bonds. The monoisotopic (exact) mass is 215 g/mol. The number of hydrogen-bond acceptors (Lipinski definition) is 2. The Kier molecular flexibility index (Phi) is 3.16. The van der Waals surface area contributed by atoms with Crippen LogP contribution in [0.15, 0.2) is 12.4 Å². The van der Waals surface area contributed by atoms with Gasteiger partial charge in [-0.3, -0.25) is 9.48 Å². The fraction of sp³-hybridized carbons (Fsp3) is 0.556. The maximum atomic E-state index is 11.4. The number of aromatic nitrogens is 2. The van der Waals surface area contributed by atoms with Crippen LogP contribution in [0.1, 0.15) is 20.8 Å². The predicted molar refractivity (Wildman–Crippen MR) is 55.1 cm³/mol. The number of carbonyl (C=O) groups is 1. The van der Waals surface area contributed by atoms with Gasteiger partial charge in [0.25, 0.3) is 0 Å². The summed E-state index contributed by atoms with van der Waals surface area (Å²) < 4.78 is 1.50. The summed E-state index contributed by atoms with van der Waals surface area (Å²) in [4.78, 5) is 11.4. The number of nitrogens with one attached hydrogen (secondary N) is 1. The second kappa shape index (κ2) is 4.00. The third kappa shape index (κ3) is 3.79. The highest BCUT2D eigenvalue weighted by Crippen LogP contribution is 2.04. The van der Waals surface area contributed by atoms with E-state index in [1.165, 1.54) is 10.9 Å². The fourth-order valence-corrected chi connectivity index (χ4v) is 1.19. The van der Waals surface area contributed by atoms with Gasteiger partial charge in [0.1, 0.15) is 6.54 Å². The minimum absolute atomic E-state index is 0.0720. The molecule has 0 radical (unpaired) electrons. The zero-order chi connectivity index (χ0) is 10.8. The van der Waals surface area contributed by atoms with Gasteiger partial charge < -0.3 is 5.32 Å². The third-order valence-corrected chi connectivity index (χ3v) is 1.62. The third-order valence-electron chi connectivity index (χ3n) is 1.42. The summed E-state index contributed by atoms with van der Waals surface area (Å²) in [6, 6.07) is 0. The molecule has 0 aliphatic carbocycles. The van der Waals surface area contributed by atoms with E-state index in [1.807, 2.05) is 20.8 Å². The molecule has 0 aliphatic heterocycles. The van der Waals surface area contributed by atoms with Gasteiger partial charge in [-0.15, -0.1) is 0 Å². The Bertz CT molecular complexity index is 327. The first-order valence-corrected chi connectivity index (χ1v) is 4.73. The molecule has 0 bridgehead atoms. The molecule has 1 aromatic rings. The van der Waals surface area contributed by atoms with E-state index in [1.54, 1.807) is 6.20 Å². The lowest BCUT2D eigenvalue weighted by Gasteiger charge is -2.20. The highest BCUT2D eigenvalue weighted by atomic mass is 35.5. The maximum Gasteiger partial charge on any atom is 0.242 e. The van der Waals surface area contributed by atoms with Gasteiger partial charge in [0.05, 0.1) is 11.2 Å². The van der Waals surface area contributed by atoms with Gasteiger partial charge in [-0.1, -0.05) is 11.6 Å². The first-order valence-electron chi connectivity index (χ1n) is 4.36. The minimum Gasteiger partial charge on any atom is -0.350 e. The van der Waals surface area contributed by atoms with Gasteiger partial charge >= 0.3 is 0 Å². The van der Waals surface area contributed by atoms with Crippen LogP contribution in [0.25, 0.3) is 0 Å². The van der Waals surface area contributed by atoms with Crippen LogP contribution < -0.4 is 5.32 Å². The molecule has 1 aromatic heterocycles. The van der Waals surface area contributed by atoms with E-state index in [0.29, 0.717) is 5.02 Å². The molecule has 1 heterocycles. The van der Waals surface area contributed by atoms with Crippen molar-refractivity contribution in [3.8, 4) is 0 Å². The van der Waals surface area contributed by atoms with Gasteiger partial charge in [-0.2, -0.15) is 5.10 Å². The smallest absolute Gasteiger partial charge is 0.242 e. The van der Waals surface area contributed by atoms with Crippen molar-refractivity contribution in [3.05, 3.63) is 17.4 Å². The largest absolute Gasteiger partial charge is 0.350 e. The second-order valence-corrected chi connectivity index (χ2v) is 4.59. The zero-order valence-corrected chi connectivity index (χ0v) is 9.30. The van der Waals surface area contributed by atoms with Crippen molar-refractivity contribution in [3.63, 3.8) is 0 Å². The number of rotatable bonds is 2. The van der Waals surface area contributed by atoms with Crippen molar-refractivity contribution in [1.82, 2.24) is 15.1 Å². The topological polar surface area (TPSA) is 46.9 Å². The molecule has 14 heavy (non-hydrogen) atoms. The standard InChI is InChI=1S/C9H14ClN3O/c1-9(2,3)12-8(14)6-13-5-7(10)4-11-13/h4-5H,6H2,1-3H3,(H,12,14). The molecule has 1 N–H and O–H groups in total.